The Morgan fingerprint density at radius 1 is 0.958 bits per heavy atom. The van der Waals surface area contributed by atoms with Crippen molar-refractivity contribution in [1.82, 2.24) is 0 Å². The summed E-state index contributed by atoms with van der Waals surface area (Å²) in [6.07, 6.45) is 1.31. The van der Waals surface area contributed by atoms with Gasteiger partial charge in [0.1, 0.15) is 0 Å². The highest BCUT2D eigenvalue weighted by molar-refractivity contribution is 5.89. The van der Waals surface area contributed by atoms with E-state index in [9.17, 15) is 19.8 Å². The molecule has 0 heterocycles. The average Bonchev–Trinajstić information content (AvgIpc) is 2.49. The molecule has 0 saturated heterocycles. The Bertz CT molecular complexity index is 451. The van der Waals surface area contributed by atoms with Crippen LogP contribution in [0.1, 0.15) is 53.4 Å². The Labute approximate surface area is 142 Å². The molecule has 0 atom stereocenters. The lowest BCUT2D eigenvalue weighted by atomic mass is 10.1. The summed E-state index contributed by atoms with van der Waals surface area (Å²) in [6.45, 7) is 13.2. The molecule has 138 valence electrons. The van der Waals surface area contributed by atoms with Crippen LogP contribution in [0.2, 0.25) is 0 Å². The first-order valence-electron chi connectivity index (χ1n) is 7.89. The van der Waals surface area contributed by atoms with E-state index in [-0.39, 0.29) is 24.2 Å². The summed E-state index contributed by atoms with van der Waals surface area (Å²) in [5, 5.41) is 20.7. The topological polar surface area (TPSA) is 102 Å². The van der Waals surface area contributed by atoms with E-state index in [0.29, 0.717) is 19.3 Å². The van der Waals surface area contributed by atoms with Crippen molar-refractivity contribution in [3.8, 4) is 0 Å². The summed E-state index contributed by atoms with van der Waals surface area (Å²) in [5.41, 5.74) is 0.0158. The van der Waals surface area contributed by atoms with Gasteiger partial charge in [-0.1, -0.05) is 33.4 Å². The van der Waals surface area contributed by atoms with Crippen LogP contribution in [0.15, 0.2) is 24.3 Å². The average molecular weight is 344 g/mol. The fraction of sp³-hybridized carbons (Fsp3) is 0.647. The van der Waals surface area contributed by atoms with Gasteiger partial charge in [0.25, 0.3) is 0 Å². The second-order valence-electron chi connectivity index (χ2n) is 5.65. The predicted molar refractivity (Wildman–Crippen MR) is 87.5 cm³/mol. The van der Waals surface area contributed by atoms with E-state index in [2.05, 4.69) is 13.2 Å². The summed E-state index contributed by atoms with van der Waals surface area (Å²) in [5.74, 6) is -7.32. The maximum absolute atomic E-state index is 12.0. The van der Waals surface area contributed by atoms with Gasteiger partial charge >= 0.3 is 23.7 Å². The number of carbonyl (C=O) groups is 2. The normalized spacial score (nSPS) is 11.8. The van der Waals surface area contributed by atoms with Crippen LogP contribution in [0, 0.1) is 0 Å². The monoisotopic (exact) mass is 344 g/mol. The number of aliphatic hydroxyl groups is 2. The Balaban J connectivity index is 5.89. The van der Waals surface area contributed by atoms with E-state index >= 15 is 0 Å². The Morgan fingerprint density at radius 3 is 1.75 bits per heavy atom. The summed E-state index contributed by atoms with van der Waals surface area (Å²) >= 11 is 0. The first-order valence-corrected chi connectivity index (χ1v) is 7.89. The number of ether oxygens (including phenoxy) is 3. The number of rotatable bonds is 11. The number of unbranched alkanes of at least 4 members (excludes halogenated alkanes) is 1. The van der Waals surface area contributed by atoms with Gasteiger partial charge < -0.3 is 24.4 Å². The zero-order chi connectivity index (χ0) is 19.0. The van der Waals surface area contributed by atoms with E-state index < -0.39 is 23.7 Å². The molecule has 0 aliphatic rings. The number of hydrogen-bond donors (Lipinski definition) is 2. The highest BCUT2D eigenvalue weighted by Crippen LogP contribution is 2.34. The van der Waals surface area contributed by atoms with Crippen molar-refractivity contribution in [3.63, 3.8) is 0 Å². The van der Waals surface area contributed by atoms with Crippen LogP contribution in [0.25, 0.3) is 0 Å². The Kier molecular flexibility index (Phi) is 8.88. The third-order valence-corrected chi connectivity index (χ3v) is 3.08. The van der Waals surface area contributed by atoms with Crippen LogP contribution >= 0.6 is 0 Å². The fourth-order valence-electron chi connectivity index (χ4n) is 1.66. The van der Waals surface area contributed by atoms with Crippen LogP contribution in [0.3, 0.4) is 0 Å². The highest BCUT2D eigenvalue weighted by Gasteiger charge is 2.58. The smallest absolute Gasteiger partial charge is 0.360 e. The van der Waals surface area contributed by atoms with E-state index in [1.54, 1.807) is 6.92 Å². The molecule has 0 rings (SSSR count). The minimum Gasteiger partial charge on any atom is -0.411 e. The van der Waals surface area contributed by atoms with Crippen LogP contribution < -0.4 is 0 Å². The van der Waals surface area contributed by atoms with Crippen LogP contribution in [-0.4, -0.2) is 40.5 Å². The third-order valence-electron chi connectivity index (χ3n) is 3.08. The van der Waals surface area contributed by atoms with Gasteiger partial charge in [0.15, 0.2) is 0 Å². The minimum absolute atomic E-state index is 0.00791. The standard InChI is InChI=1S/C17H28O7/c1-7-9-10-16(23-14(18)12(3)4,24-15(19)13(5)6)17(20,21)22-11-8-2/h20-21H,3,5,7-11H2,1-2,4,6H3. The maximum atomic E-state index is 12.0. The number of carbonyl (C=O) groups excluding carboxylic acids is 2. The first kappa shape index (κ1) is 22.3. The van der Waals surface area contributed by atoms with Gasteiger partial charge in [0.05, 0.1) is 6.61 Å². The van der Waals surface area contributed by atoms with Crippen molar-refractivity contribution in [2.75, 3.05) is 6.61 Å². The number of hydrogen-bond acceptors (Lipinski definition) is 7. The van der Waals surface area contributed by atoms with E-state index in [1.807, 2.05) is 6.92 Å². The van der Waals surface area contributed by atoms with Gasteiger partial charge in [-0.15, -0.1) is 0 Å². The quantitative estimate of drug-likeness (QED) is 0.336. The molecule has 0 bridgehead atoms. The SMILES string of the molecule is C=C(C)C(=O)OC(CCCC)(OC(=O)C(=C)C)C(O)(O)OCCC. The van der Waals surface area contributed by atoms with Gasteiger partial charge in [-0.25, -0.2) is 9.59 Å². The Morgan fingerprint density at radius 2 is 1.42 bits per heavy atom. The Hall–Kier alpha value is -1.70. The molecule has 0 radical (unpaired) electrons. The summed E-state index contributed by atoms with van der Waals surface area (Å²) in [6, 6.07) is 0. The fourth-order valence-corrected chi connectivity index (χ4v) is 1.66. The molecule has 7 nitrogen and oxygen atoms in total. The molecule has 0 fully saturated rings. The molecular formula is C17H28O7. The van der Waals surface area contributed by atoms with E-state index in [4.69, 9.17) is 14.2 Å². The molecule has 24 heavy (non-hydrogen) atoms. The summed E-state index contributed by atoms with van der Waals surface area (Å²) < 4.78 is 15.3. The molecule has 0 amide bonds. The minimum atomic E-state index is -3.02. The molecule has 7 heteroatoms. The van der Waals surface area contributed by atoms with E-state index in [1.165, 1.54) is 13.8 Å². The van der Waals surface area contributed by atoms with Gasteiger partial charge in [0.2, 0.25) is 0 Å². The molecule has 0 unspecified atom stereocenters. The largest absolute Gasteiger partial charge is 0.411 e. The van der Waals surface area contributed by atoms with Gasteiger partial charge in [-0.3, -0.25) is 0 Å². The molecule has 2 N–H and O–H groups in total. The van der Waals surface area contributed by atoms with Crippen molar-refractivity contribution in [2.45, 2.75) is 65.1 Å². The van der Waals surface area contributed by atoms with Crippen molar-refractivity contribution in [3.05, 3.63) is 24.3 Å². The molecule has 0 spiro atoms. The van der Waals surface area contributed by atoms with Crippen molar-refractivity contribution >= 4 is 11.9 Å². The lowest BCUT2D eigenvalue weighted by Gasteiger charge is -2.40. The lowest BCUT2D eigenvalue weighted by molar-refractivity contribution is -0.458. The molecule has 0 aliphatic heterocycles. The molecule has 0 aromatic carbocycles. The molecular weight excluding hydrogens is 316 g/mol. The van der Waals surface area contributed by atoms with Crippen molar-refractivity contribution in [1.29, 1.82) is 0 Å². The first-order chi connectivity index (χ1) is 11.0. The predicted octanol–water partition coefficient (Wildman–Crippen LogP) is 2.18. The zero-order valence-corrected chi connectivity index (χ0v) is 14.9. The van der Waals surface area contributed by atoms with E-state index in [0.717, 1.165) is 0 Å². The zero-order valence-electron chi connectivity index (χ0n) is 14.9. The molecule has 0 aromatic heterocycles. The second-order valence-corrected chi connectivity index (χ2v) is 5.65. The van der Waals surface area contributed by atoms with Crippen molar-refractivity contribution < 1.29 is 34.0 Å². The maximum Gasteiger partial charge on any atom is 0.360 e. The van der Waals surface area contributed by atoms with Crippen molar-refractivity contribution in [2.24, 2.45) is 0 Å². The van der Waals surface area contributed by atoms with Crippen LogP contribution in [-0.2, 0) is 23.8 Å². The van der Waals surface area contributed by atoms with Gasteiger partial charge in [0, 0.05) is 17.6 Å². The highest BCUT2D eigenvalue weighted by atomic mass is 16.8. The van der Waals surface area contributed by atoms with Crippen LogP contribution in [0.5, 0.6) is 0 Å². The number of esters is 2. The van der Waals surface area contributed by atoms with Crippen LogP contribution in [0.4, 0.5) is 0 Å². The molecule has 0 aliphatic carbocycles. The molecule has 0 aromatic rings. The summed E-state index contributed by atoms with van der Waals surface area (Å²) in [7, 11) is 0. The van der Waals surface area contributed by atoms with Gasteiger partial charge in [-0.2, -0.15) is 0 Å². The third kappa shape index (κ3) is 6.07. The lowest BCUT2D eigenvalue weighted by Crippen LogP contribution is -2.61. The molecule has 0 saturated carbocycles. The van der Waals surface area contributed by atoms with Gasteiger partial charge in [-0.05, 0) is 26.7 Å². The summed E-state index contributed by atoms with van der Waals surface area (Å²) in [4.78, 5) is 24.0. The second kappa shape index (κ2) is 9.56.